The Morgan fingerprint density at radius 2 is 1.85 bits per heavy atom. The van der Waals surface area contributed by atoms with Gasteiger partial charge in [0.2, 0.25) is 0 Å². The summed E-state index contributed by atoms with van der Waals surface area (Å²) in [5, 5.41) is 9.68. The fourth-order valence-electron chi connectivity index (χ4n) is 2.75. The van der Waals surface area contributed by atoms with Gasteiger partial charge >= 0.3 is 0 Å². The van der Waals surface area contributed by atoms with E-state index >= 15 is 0 Å². The van der Waals surface area contributed by atoms with E-state index in [-0.39, 0.29) is 12.0 Å². The van der Waals surface area contributed by atoms with Gasteiger partial charge in [-0.15, -0.1) is 11.3 Å². The Morgan fingerprint density at radius 1 is 1.12 bits per heavy atom. The maximum absolute atomic E-state index is 12.3. The van der Waals surface area contributed by atoms with Gasteiger partial charge in [0.25, 0.3) is 5.91 Å². The maximum atomic E-state index is 12.3. The standard InChI is InChI=1S/C20H17N3O2S/c24-20(16-11-18(25-23-16)15-9-5-2-6-10-15)21-12-19-22-17(13-26-19)14-7-3-1-4-8-14/h1-10,13,18H,11-12H2,(H,21,24). The first-order valence-corrected chi connectivity index (χ1v) is 9.23. The van der Waals surface area contributed by atoms with E-state index in [1.54, 1.807) is 0 Å². The van der Waals surface area contributed by atoms with Crippen LogP contribution in [0.15, 0.2) is 71.2 Å². The zero-order valence-corrected chi connectivity index (χ0v) is 14.8. The number of hydrogen-bond acceptors (Lipinski definition) is 5. The smallest absolute Gasteiger partial charge is 0.269 e. The third kappa shape index (κ3) is 3.65. The summed E-state index contributed by atoms with van der Waals surface area (Å²) >= 11 is 1.53. The molecule has 5 nitrogen and oxygen atoms in total. The van der Waals surface area contributed by atoms with E-state index in [4.69, 9.17) is 4.84 Å². The molecule has 1 amide bonds. The van der Waals surface area contributed by atoms with Crippen LogP contribution in [-0.4, -0.2) is 16.6 Å². The molecule has 0 saturated heterocycles. The fraction of sp³-hybridized carbons (Fsp3) is 0.150. The molecule has 0 aliphatic carbocycles. The van der Waals surface area contributed by atoms with Gasteiger partial charge in [0, 0.05) is 17.4 Å². The molecule has 2 aromatic carbocycles. The third-order valence-electron chi connectivity index (χ3n) is 4.12. The summed E-state index contributed by atoms with van der Waals surface area (Å²) in [7, 11) is 0. The molecule has 26 heavy (non-hydrogen) atoms. The van der Waals surface area contributed by atoms with Crippen LogP contribution in [0.25, 0.3) is 11.3 Å². The summed E-state index contributed by atoms with van der Waals surface area (Å²) in [5.74, 6) is -0.208. The van der Waals surface area contributed by atoms with Crippen molar-refractivity contribution < 1.29 is 9.63 Å². The highest BCUT2D eigenvalue weighted by Crippen LogP contribution is 2.27. The van der Waals surface area contributed by atoms with Crippen LogP contribution in [0.2, 0.25) is 0 Å². The molecule has 0 fully saturated rings. The highest BCUT2D eigenvalue weighted by Gasteiger charge is 2.27. The molecule has 1 aliphatic heterocycles. The number of amides is 1. The first-order valence-electron chi connectivity index (χ1n) is 8.35. The van der Waals surface area contributed by atoms with E-state index in [0.717, 1.165) is 21.8 Å². The molecular formula is C20H17N3O2S. The van der Waals surface area contributed by atoms with Crippen molar-refractivity contribution >= 4 is 23.0 Å². The summed E-state index contributed by atoms with van der Waals surface area (Å²) in [6, 6.07) is 19.8. The second-order valence-corrected chi connectivity index (χ2v) is 6.86. The van der Waals surface area contributed by atoms with E-state index in [1.807, 2.05) is 66.0 Å². The molecule has 1 aliphatic rings. The number of aromatic nitrogens is 1. The van der Waals surface area contributed by atoms with Crippen molar-refractivity contribution in [3.05, 3.63) is 76.6 Å². The second-order valence-electron chi connectivity index (χ2n) is 5.92. The zero-order chi connectivity index (χ0) is 17.8. The molecular weight excluding hydrogens is 346 g/mol. The highest BCUT2D eigenvalue weighted by molar-refractivity contribution is 7.09. The maximum Gasteiger partial charge on any atom is 0.269 e. The van der Waals surface area contributed by atoms with Crippen molar-refractivity contribution in [1.82, 2.24) is 10.3 Å². The van der Waals surface area contributed by atoms with Crippen molar-refractivity contribution in [1.29, 1.82) is 0 Å². The topological polar surface area (TPSA) is 63.6 Å². The van der Waals surface area contributed by atoms with Crippen LogP contribution in [0.4, 0.5) is 0 Å². The summed E-state index contributed by atoms with van der Waals surface area (Å²) < 4.78 is 0. The van der Waals surface area contributed by atoms with Crippen LogP contribution < -0.4 is 5.32 Å². The minimum Gasteiger partial charge on any atom is -0.387 e. The van der Waals surface area contributed by atoms with Crippen LogP contribution in [0.1, 0.15) is 23.1 Å². The number of nitrogens with one attached hydrogen (secondary N) is 1. The van der Waals surface area contributed by atoms with Crippen molar-refractivity contribution in [2.45, 2.75) is 19.1 Å². The Morgan fingerprint density at radius 3 is 2.62 bits per heavy atom. The van der Waals surface area contributed by atoms with Gasteiger partial charge in [0.05, 0.1) is 12.2 Å². The normalized spacial score (nSPS) is 16.0. The molecule has 2 heterocycles. The van der Waals surface area contributed by atoms with Gasteiger partial charge in [-0.1, -0.05) is 65.8 Å². The lowest BCUT2D eigenvalue weighted by Gasteiger charge is -2.07. The average Bonchev–Trinajstić information content (AvgIpc) is 3.37. The molecule has 6 heteroatoms. The number of rotatable bonds is 5. The van der Waals surface area contributed by atoms with Crippen LogP contribution in [-0.2, 0) is 16.2 Å². The van der Waals surface area contributed by atoms with E-state index in [0.29, 0.717) is 18.7 Å². The van der Waals surface area contributed by atoms with Gasteiger partial charge in [-0.2, -0.15) is 0 Å². The zero-order valence-electron chi connectivity index (χ0n) is 14.0. The van der Waals surface area contributed by atoms with Crippen molar-refractivity contribution in [2.24, 2.45) is 5.16 Å². The minimum absolute atomic E-state index is 0.193. The van der Waals surface area contributed by atoms with E-state index in [2.05, 4.69) is 15.5 Å². The number of carbonyl (C=O) groups is 1. The lowest BCUT2D eigenvalue weighted by Crippen LogP contribution is -2.29. The van der Waals surface area contributed by atoms with Crippen LogP contribution >= 0.6 is 11.3 Å². The molecule has 0 saturated carbocycles. The quantitative estimate of drug-likeness (QED) is 0.747. The van der Waals surface area contributed by atoms with Crippen LogP contribution in [0.5, 0.6) is 0 Å². The molecule has 1 aromatic heterocycles. The van der Waals surface area contributed by atoms with E-state index in [9.17, 15) is 4.79 Å². The molecule has 1 N–H and O–H groups in total. The number of nitrogens with zero attached hydrogens (tertiary/aromatic N) is 2. The minimum atomic E-state index is -0.208. The Bertz CT molecular complexity index is 922. The van der Waals surface area contributed by atoms with Gasteiger partial charge in [-0.3, -0.25) is 4.79 Å². The van der Waals surface area contributed by atoms with E-state index in [1.165, 1.54) is 11.3 Å². The van der Waals surface area contributed by atoms with Gasteiger partial charge in [-0.05, 0) is 5.56 Å². The van der Waals surface area contributed by atoms with E-state index < -0.39 is 0 Å². The first-order chi connectivity index (χ1) is 12.8. The predicted molar refractivity (Wildman–Crippen MR) is 102 cm³/mol. The SMILES string of the molecule is O=C(NCc1nc(-c2ccccc2)cs1)C1=NOC(c2ccccc2)C1. The van der Waals surface area contributed by atoms with Gasteiger partial charge in [-0.25, -0.2) is 4.98 Å². The molecule has 130 valence electrons. The molecule has 0 bridgehead atoms. The van der Waals surface area contributed by atoms with Gasteiger partial charge in [0.15, 0.2) is 6.10 Å². The largest absolute Gasteiger partial charge is 0.387 e. The predicted octanol–water partition coefficient (Wildman–Crippen LogP) is 3.94. The summed E-state index contributed by atoms with van der Waals surface area (Å²) in [5.41, 5.74) is 3.43. The van der Waals surface area contributed by atoms with Gasteiger partial charge in [0.1, 0.15) is 10.7 Å². The number of benzene rings is 2. The Balaban J connectivity index is 1.33. The first kappa shape index (κ1) is 16.5. The third-order valence-corrected chi connectivity index (χ3v) is 4.97. The Kier molecular flexibility index (Phi) is 4.75. The summed E-state index contributed by atoms with van der Waals surface area (Å²) in [6.45, 7) is 0.380. The molecule has 0 radical (unpaired) electrons. The lowest BCUT2D eigenvalue weighted by molar-refractivity contribution is -0.115. The summed E-state index contributed by atoms with van der Waals surface area (Å²) in [4.78, 5) is 22.3. The van der Waals surface area contributed by atoms with Crippen molar-refractivity contribution in [3.63, 3.8) is 0 Å². The molecule has 0 spiro atoms. The Hall–Kier alpha value is -2.99. The van der Waals surface area contributed by atoms with Gasteiger partial charge < -0.3 is 10.2 Å². The number of hydrogen-bond donors (Lipinski definition) is 1. The second kappa shape index (κ2) is 7.49. The number of oxime groups is 1. The molecule has 1 atom stereocenters. The fourth-order valence-corrected chi connectivity index (χ4v) is 3.49. The van der Waals surface area contributed by atoms with Crippen molar-refractivity contribution in [3.8, 4) is 11.3 Å². The highest BCUT2D eigenvalue weighted by atomic mass is 32.1. The summed E-state index contributed by atoms with van der Waals surface area (Å²) in [6.07, 6.45) is 0.282. The number of carbonyl (C=O) groups excluding carboxylic acids is 1. The number of thiazole rings is 1. The van der Waals surface area contributed by atoms with Crippen LogP contribution in [0, 0.1) is 0 Å². The average molecular weight is 363 g/mol. The lowest BCUT2D eigenvalue weighted by atomic mass is 10.0. The monoisotopic (exact) mass is 363 g/mol. The molecule has 1 unspecified atom stereocenters. The van der Waals surface area contributed by atoms with Crippen LogP contribution in [0.3, 0.4) is 0 Å². The molecule has 4 rings (SSSR count). The molecule has 3 aromatic rings. The Labute approximate surface area is 155 Å². The van der Waals surface area contributed by atoms with Crippen molar-refractivity contribution in [2.75, 3.05) is 0 Å².